The fourth-order valence-electron chi connectivity index (χ4n) is 1.51. The maximum Gasteiger partial charge on any atom is 0.319 e. The molecule has 0 spiro atoms. The number of amides is 2. The van der Waals surface area contributed by atoms with Gasteiger partial charge in [0, 0.05) is 12.2 Å². The molecule has 1 atom stereocenters. The highest BCUT2D eigenvalue weighted by molar-refractivity contribution is 5.89. The lowest BCUT2D eigenvalue weighted by Gasteiger charge is -2.27. The van der Waals surface area contributed by atoms with E-state index in [0.717, 1.165) is 12.1 Å². The molecule has 0 aromatic heterocycles. The number of nitrogens with one attached hydrogen (secondary N) is 2. The second kappa shape index (κ2) is 6.57. The number of carbonyl (C=O) groups is 1. The number of aliphatic hydroxyl groups is 1. The molecule has 2 amide bonds. The Morgan fingerprint density at radius 2 is 2.11 bits per heavy atom. The van der Waals surface area contributed by atoms with E-state index in [4.69, 9.17) is 0 Å². The molecule has 0 heterocycles. The summed E-state index contributed by atoms with van der Waals surface area (Å²) in [6.45, 7) is 7.85. The monoisotopic (exact) mass is 264 g/mol. The van der Waals surface area contributed by atoms with Crippen molar-refractivity contribution in [3.8, 4) is 0 Å². The van der Waals surface area contributed by atoms with Crippen LogP contribution in [0.3, 0.4) is 0 Å². The van der Waals surface area contributed by atoms with Crippen molar-refractivity contribution in [2.24, 2.45) is 5.92 Å². The summed E-state index contributed by atoms with van der Waals surface area (Å²) in [5.41, 5.74) is 1.04. The molecule has 4 nitrogen and oxygen atoms in total. The van der Waals surface area contributed by atoms with Crippen LogP contribution in [0, 0.1) is 5.92 Å². The molecular formula is C15H24N2O2. The van der Waals surface area contributed by atoms with E-state index in [2.05, 4.69) is 17.6 Å². The number of rotatable bonds is 5. The van der Waals surface area contributed by atoms with E-state index in [1.807, 2.05) is 38.1 Å². The van der Waals surface area contributed by atoms with Gasteiger partial charge in [-0.25, -0.2) is 4.79 Å². The van der Waals surface area contributed by atoms with Gasteiger partial charge < -0.3 is 15.7 Å². The summed E-state index contributed by atoms with van der Waals surface area (Å²) in [7, 11) is 0. The molecule has 1 aromatic carbocycles. The Kier molecular flexibility index (Phi) is 5.36. The van der Waals surface area contributed by atoms with Gasteiger partial charge in [-0.2, -0.15) is 0 Å². The van der Waals surface area contributed by atoms with E-state index in [1.165, 1.54) is 5.56 Å². The van der Waals surface area contributed by atoms with E-state index < -0.39 is 5.60 Å². The third-order valence-corrected chi connectivity index (χ3v) is 3.44. The molecule has 0 aliphatic carbocycles. The second-order valence-electron chi connectivity index (χ2n) is 5.37. The average Bonchev–Trinajstić information content (AvgIpc) is 2.36. The van der Waals surface area contributed by atoms with Crippen molar-refractivity contribution in [1.82, 2.24) is 5.32 Å². The quantitative estimate of drug-likeness (QED) is 0.766. The zero-order valence-electron chi connectivity index (χ0n) is 12.2. The molecule has 0 aliphatic heterocycles. The normalized spacial score (nSPS) is 14.0. The lowest BCUT2D eigenvalue weighted by atomic mass is 9.93. The highest BCUT2D eigenvalue weighted by Crippen LogP contribution is 2.15. The Balaban J connectivity index is 2.51. The first-order valence-corrected chi connectivity index (χ1v) is 6.71. The second-order valence-corrected chi connectivity index (χ2v) is 5.37. The van der Waals surface area contributed by atoms with Gasteiger partial charge in [0.15, 0.2) is 0 Å². The van der Waals surface area contributed by atoms with E-state index >= 15 is 0 Å². The van der Waals surface area contributed by atoms with Crippen molar-refractivity contribution < 1.29 is 9.90 Å². The topological polar surface area (TPSA) is 61.4 Å². The molecule has 1 unspecified atom stereocenters. The number of hydrogen-bond acceptors (Lipinski definition) is 2. The van der Waals surface area contributed by atoms with Gasteiger partial charge in [-0.15, -0.1) is 0 Å². The van der Waals surface area contributed by atoms with Gasteiger partial charge in [0.2, 0.25) is 0 Å². The molecule has 0 saturated carbocycles. The van der Waals surface area contributed by atoms with E-state index in [9.17, 15) is 9.90 Å². The van der Waals surface area contributed by atoms with Crippen LogP contribution < -0.4 is 10.6 Å². The molecule has 0 fully saturated rings. The minimum absolute atomic E-state index is 0.0798. The lowest BCUT2D eigenvalue weighted by molar-refractivity contribution is 0.0170. The maximum atomic E-state index is 11.7. The highest BCUT2D eigenvalue weighted by Gasteiger charge is 2.25. The molecule has 0 aliphatic rings. The van der Waals surface area contributed by atoms with Crippen molar-refractivity contribution in [1.29, 1.82) is 0 Å². The Bertz CT molecular complexity index is 428. The molecule has 4 heteroatoms. The van der Waals surface area contributed by atoms with Crippen LogP contribution in [0.5, 0.6) is 0 Å². The minimum Gasteiger partial charge on any atom is -0.388 e. The summed E-state index contributed by atoms with van der Waals surface area (Å²) in [6, 6.07) is 7.43. The largest absolute Gasteiger partial charge is 0.388 e. The van der Waals surface area contributed by atoms with E-state index in [-0.39, 0.29) is 18.5 Å². The van der Waals surface area contributed by atoms with Crippen molar-refractivity contribution >= 4 is 11.7 Å². The summed E-state index contributed by atoms with van der Waals surface area (Å²) in [6.07, 6.45) is 0.930. The molecule has 19 heavy (non-hydrogen) atoms. The fourth-order valence-corrected chi connectivity index (χ4v) is 1.51. The molecule has 1 aromatic rings. The number of hydrogen-bond donors (Lipinski definition) is 3. The first kappa shape index (κ1) is 15.5. The van der Waals surface area contributed by atoms with Crippen LogP contribution >= 0.6 is 0 Å². The van der Waals surface area contributed by atoms with Gasteiger partial charge in [0.05, 0.1) is 5.60 Å². The van der Waals surface area contributed by atoms with Crippen LogP contribution in [0.25, 0.3) is 0 Å². The van der Waals surface area contributed by atoms with Gasteiger partial charge in [-0.05, 0) is 37.0 Å². The Labute approximate surface area is 115 Å². The fraction of sp³-hybridized carbons (Fsp3) is 0.533. The zero-order chi connectivity index (χ0) is 14.5. The SMILES string of the molecule is CCc1cccc(NC(=O)NCC(C)(O)C(C)C)c1. The smallest absolute Gasteiger partial charge is 0.319 e. The van der Waals surface area contributed by atoms with Crippen molar-refractivity contribution in [3.63, 3.8) is 0 Å². The van der Waals surface area contributed by atoms with Crippen LogP contribution in [-0.4, -0.2) is 23.3 Å². The highest BCUT2D eigenvalue weighted by atomic mass is 16.3. The van der Waals surface area contributed by atoms with Crippen molar-refractivity contribution in [2.45, 2.75) is 39.7 Å². The standard InChI is InChI=1S/C15H24N2O2/c1-5-12-7-6-8-13(9-12)17-14(18)16-10-15(4,19)11(2)3/h6-9,11,19H,5,10H2,1-4H3,(H2,16,17,18). The summed E-state index contributed by atoms with van der Waals surface area (Å²) in [4.78, 5) is 11.7. The zero-order valence-corrected chi connectivity index (χ0v) is 12.2. The number of aryl methyl sites for hydroxylation is 1. The van der Waals surface area contributed by atoms with Gasteiger partial charge in [0.1, 0.15) is 0 Å². The summed E-state index contributed by atoms with van der Waals surface area (Å²) < 4.78 is 0. The molecule has 1 rings (SSSR count). The van der Waals surface area contributed by atoms with Crippen LogP contribution in [0.4, 0.5) is 10.5 Å². The van der Waals surface area contributed by atoms with Crippen LogP contribution in [0.15, 0.2) is 24.3 Å². The molecular weight excluding hydrogens is 240 g/mol. The van der Waals surface area contributed by atoms with Crippen LogP contribution in [0.2, 0.25) is 0 Å². The summed E-state index contributed by atoms with van der Waals surface area (Å²) in [5.74, 6) is 0.0798. The first-order chi connectivity index (χ1) is 8.85. The first-order valence-electron chi connectivity index (χ1n) is 6.71. The third-order valence-electron chi connectivity index (χ3n) is 3.44. The number of benzene rings is 1. The molecule has 0 bridgehead atoms. The Morgan fingerprint density at radius 3 is 2.68 bits per heavy atom. The van der Waals surface area contributed by atoms with Crippen molar-refractivity contribution in [2.75, 3.05) is 11.9 Å². The summed E-state index contributed by atoms with van der Waals surface area (Å²) >= 11 is 0. The van der Waals surface area contributed by atoms with E-state index in [0.29, 0.717) is 0 Å². The van der Waals surface area contributed by atoms with Gasteiger partial charge in [-0.3, -0.25) is 0 Å². The van der Waals surface area contributed by atoms with Crippen LogP contribution in [-0.2, 0) is 6.42 Å². The maximum absolute atomic E-state index is 11.7. The van der Waals surface area contributed by atoms with Gasteiger partial charge >= 0.3 is 6.03 Å². The predicted molar refractivity (Wildman–Crippen MR) is 78.3 cm³/mol. The van der Waals surface area contributed by atoms with Crippen molar-refractivity contribution in [3.05, 3.63) is 29.8 Å². The number of carbonyl (C=O) groups excluding carboxylic acids is 1. The number of anilines is 1. The summed E-state index contributed by atoms with van der Waals surface area (Å²) in [5, 5.41) is 15.5. The predicted octanol–water partition coefficient (Wildman–Crippen LogP) is 2.78. The Morgan fingerprint density at radius 1 is 1.42 bits per heavy atom. The van der Waals surface area contributed by atoms with Crippen LogP contribution in [0.1, 0.15) is 33.3 Å². The van der Waals surface area contributed by atoms with E-state index in [1.54, 1.807) is 6.92 Å². The number of urea groups is 1. The average molecular weight is 264 g/mol. The lowest BCUT2D eigenvalue weighted by Crippen LogP contribution is -2.45. The Hall–Kier alpha value is -1.55. The molecule has 3 N–H and O–H groups in total. The molecule has 0 radical (unpaired) electrons. The molecule has 0 saturated heterocycles. The molecule has 106 valence electrons. The third kappa shape index (κ3) is 4.91. The van der Waals surface area contributed by atoms with Gasteiger partial charge in [0.25, 0.3) is 0 Å². The van der Waals surface area contributed by atoms with Gasteiger partial charge in [-0.1, -0.05) is 32.9 Å². The minimum atomic E-state index is -0.900.